The zero-order valence-electron chi connectivity index (χ0n) is 11.3. The standard InChI is InChI=1S/C15H15NO5/c17-14(16(8-15(18)19)11-3-4-11)6-2-10-1-5-12-13(7-10)21-9-20-12/h1-2,5-7,11H,3-4,8-9H2,(H,18,19)/b6-2+. The molecule has 2 aliphatic rings. The van der Waals surface area contributed by atoms with Gasteiger partial charge in [0.1, 0.15) is 6.54 Å². The Bertz CT molecular complexity index is 606. The SMILES string of the molecule is O=C(O)CN(C(=O)/C=C/c1ccc2c(c1)OCO2)C1CC1. The first-order valence-corrected chi connectivity index (χ1v) is 6.73. The molecular formula is C15H15NO5. The number of hydrogen-bond acceptors (Lipinski definition) is 4. The molecular weight excluding hydrogens is 274 g/mol. The van der Waals surface area contributed by atoms with Crippen molar-refractivity contribution >= 4 is 18.0 Å². The molecule has 110 valence electrons. The van der Waals surface area contributed by atoms with Crippen molar-refractivity contribution in [1.82, 2.24) is 4.90 Å². The van der Waals surface area contributed by atoms with Crippen molar-refractivity contribution in [2.24, 2.45) is 0 Å². The van der Waals surface area contributed by atoms with Gasteiger partial charge in [0.15, 0.2) is 11.5 Å². The van der Waals surface area contributed by atoms with Crippen molar-refractivity contribution in [3.8, 4) is 11.5 Å². The zero-order chi connectivity index (χ0) is 14.8. The molecule has 0 radical (unpaired) electrons. The molecule has 21 heavy (non-hydrogen) atoms. The Kier molecular flexibility index (Phi) is 3.51. The Hall–Kier alpha value is -2.50. The minimum absolute atomic E-state index is 0.0648. The zero-order valence-corrected chi connectivity index (χ0v) is 11.3. The van der Waals surface area contributed by atoms with Crippen LogP contribution in [-0.2, 0) is 9.59 Å². The van der Waals surface area contributed by atoms with Gasteiger partial charge in [-0.1, -0.05) is 6.07 Å². The van der Waals surface area contributed by atoms with Gasteiger partial charge in [-0.15, -0.1) is 0 Å². The number of carbonyl (C=O) groups excluding carboxylic acids is 1. The first-order chi connectivity index (χ1) is 10.1. The molecule has 1 fully saturated rings. The summed E-state index contributed by atoms with van der Waals surface area (Å²) >= 11 is 0. The molecule has 3 rings (SSSR count). The smallest absolute Gasteiger partial charge is 0.323 e. The molecule has 0 bridgehead atoms. The van der Waals surface area contributed by atoms with Gasteiger partial charge in [-0.05, 0) is 36.6 Å². The van der Waals surface area contributed by atoms with Crippen LogP contribution < -0.4 is 9.47 Å². The monoisotopic (exact) mass is 289 g/mol. The van der Waals surface area contributed by atoms with E-state index in [0.29, 0.717) is 11.5 Å². The van der Waals surface area contributed by atoms with E-state index < -0.39 is 5.97 Å². The van der Waals surface area contributed by atoms with E-state index in [1.54, 1.807) is 18.2 Å². The van der Waals surface area contributed by atoms with Gasteiger partial charge in [0.2, 0.25) is 12.7 Å². The molecule has 1 amide bonds. The third-order valence-electron chi connectivity index (χ3n) is 3.39. The van der Waals surface area contributed by atoms with E-state index in [1.165, 1.54) is 11.0 Å². The first kappa shape index (κ1) is 13.5. The van der Waals surface area contributed by atoms with Crippen LogP contribution in [0.4, 0.5) is 0 Å². The lowest BCUT2D eigenvalue weighted by Gasteiger charge is -2.17. The van der Waals surface area contributed by atoms with E-state index >= 15 is 0 Å². The number of benzene rings is 1. The second kappa shape index (κ2) is 5.47. The van der Waals surface area contributed by atoms with Crippen LogP contribution in [0.1, 0.15) is 18.4 Å². The van der Waals surface area contributed by atoms with Gasteiger partial charge < -0.3 is 19.5 Å². The molecule has 1 heterocycles. The second-order valence-corrected chi connectivity index (χ2v) is 5.04. The summed E-state index contributed by atoms with van der Waals surface area (Å²) in [5, 5.41) is 8.85. The highest BCUT2D eigenvalue weighted by atomic mass is 16.7. The van der Waals surface area contributed by atoms with Crippen LogP contribution >= 0.6 is 0 Å². The van der Waals surface area contributed by atoms with Gasteiger partial charge in [-0.3, -0.25) is 9.59 Å². The lowest BCUT2D eigenvalue weighted by molar-refractivity contribution is -0.143. The van der Waals surface area contributed by atoms with Crippen LogP contribution in [0.25, 0.3) is 6.08 Å². The molecule has 1 aromatic carbocycles. The lowest BCUT2D eigenvalue weighted by Crippen LogP contribution is -2.36. The summed E-state index contributed by atoms with van der Waals surface area (Å²) in [6, 6.07) is 5.44. The minimum Gasteiger partial charge on any atom is -0.480 e. The van der Waals surface area contributed by atoms with E-state index in [9.17, 15) is 9.59 Å². The Morgan fingerprint density at radius 2 is 2.05 bits per heavy atom. The van der Waals surface area contributed by atoms with Gasteiger partial charge in [-0.2, -0.15) is 0 Å². The number of amides is 1. The van der Waals surface area contributed by atoms with E-state index in [4.69, 9.17) is 14.6 Å². The molecule has 1 saturated carbocycles. The highest BCUT2D eigenvalue weighted by molar-refractivity contribution is 5.94. The summed E-state index contributed by atoms with van der Waals surface area (Å²) < 4.78 is 10.5. The number of fused-ring (bicyclic) bond motifs is 1. The Morgan fingerprint density at radius 3 is 2.76 bits per heavy atom. The molecule has 6 nitrogen and oxygen atoms in total. The molecule has 1 aromatic rings. The maximum absolute atomic E-state index is 12.1. The van der Waals surface area contributed by atoms with Gasteiger partial charge >= 0.3 is 5.97 Å². The first-order valence-electron chi connectivity index (χ1n) is 6.73. The summed E-state index contributed by atoms with van der Waals surface area (Å²) in [7, 11) is 0. The third kappa shape index (κ3) is 3.16. The van der Waals surface area contributed by atoms with Crippen molar-refractivity contribution in [2.75, 3.05) is 13.3 Å². The van der Waals surface area contributed by atoms with Crippen molar-refractivity contribution in [1.29, 1.82) is 0 Å². The molecule has 0 aromatic heterocycles. The summed E-state index contributed by atoms with van der Waals surface area (Å²) in [5.74, 6) is 0.0578. The minimum atomic E-state index is -0.994. The maximum atomic E-state index is 12.1. The number of hydrogen-bond donors (Lipinski definition) is 1. The van der Waals surface area contributed by atoms with Gasteiger partial charge in [-0.25, -0.2) is 0 Å². The molecule has 1 aliphatic heterocycles. The van der Waals surface area contributed by atoms with Gasteiger partial charge in [0, 0.05) is 12.1 Å². The third-order valence-corrected chi connectivity index (χ3v) is 3.39. The van der Waals surface area contributed by atoms with E-state index in [0.717, 1.165) is 18.4 Å². The number of nitrogens with zero attached hydrogens (tertiary/aromatic N) is 1. The van der Waals surface area contributed by atoms with Crippen molar-refractivity contribution < 1.29 is 24.2 Å². The number of aliphatic carboxylic acids is 1. The fourth-order valence-electron chi connectivity index (χ4n) is 2.20. The molecule has 0 unspecified atom stereocenters. The van der Waals surface area contributed by atoms with E-state index in [2.05, 4.69) is 0 Å². The summed E-state index contributed by atoms with van der Waals surface area (Å²) in [4.78, 5) is 24.3. The Balaban J connectivity index is 1.69. The number of rotatable bonds is 5. The fourth-order valence-corrected chi connectivity index (χ4v) is 2.20. The molecule has 1 N–H and O–H groups in total. The molecule has 6 heteroatoms. The molecule has 0 spiro atoms. The average molecular weight is 289 g/mol. The topological polar surface area (TPSA) is 76.1 Å². The average Bonchev–Trinajstić information content (AvgIpc) is 3.19. The molecule has 0 atom stereocenters. The maximum Gasteiger partial charge on any atom is 0.323 e. The predicted molar refractivity (Wildman–Crippen MR) is 74.0 cm³/mol. The van der Waals surface area contributed by atoms with E-state index in [-0.39, 0.29) is 25.3 Å². The number of carboxylic acid groups (broad SMARTS) is 1. The van der Waals surface area contributed by atoms with Crippen LogP contribution in [0, 0.1) is 0 Å². The molecule has 1 aliphatic carbocycles. The summed E-state index contributed by atoms with van der Waals surface area (Å²) in [6.45, 7) is -0.0511. The highest BCUT2D eigenvalue weighted by Gasteiger charge is 2.32. The Labute approximate surface area is 121 Å². The van der Waals surface area contributed by atoms with Crippen molar-refractivity contribution in [3.63, 3.8) is 0 Å². The normalized spacial score (nSPS) is 16.2. The number of ether oxygens (including phenoxy) is 2. The second-order valence-electron chi connectivity index (χ2n) is 5.04. The van der Waals surface area contributed by atoms with Crippen molar-refractivity contribution in [3.05, 3.63) is 29.8 Å². The predicted octanol–water partition coefficient (Wildman–Crippen LogP) is 1.50. The lowest BCUT2D eigenvalue weighted by atomic mass is 10.2. The molecule has 0 saturated heterocycles. The van der Waals surface area contributed by atoms with Crippen molar-refractivity contribution in [2.45, 2.75) is 18.9 Å². The largest absolute Gasteiger partial charge is 0.480 e. The quantitative estimate of drug-likeness (QED) is 0.831. The van der Waals surface area contributed by atoms with Crippen LogP contribution in [-0.4, -0.2) is 41.3 Å². The summed E-state index contributed by atoms with van der Waals surface area (Å²) in [5.41, 5.74) is 0.804. The van der Waals surface area contributed by atoms with Crippen LogP contribution in [0.5, 0.6) is 11.5 Å². The van der Waals surface area contributed by atoms with Crippen LogP contribution in [0.15, 0.2) is 24.3 Å². The number of carboxylic acids is 1. The van der Waals surface area contributed by atoms with Gasteiger partial charge in [0.25, 0.3) is 0 Å². The van der Waals surface area contributed by atoms with E-state index in [1.807, 2.05) is 6.07 Å². The Morgan fingerprint density at radius 1 is 1.29 bits per heavy atom. The van der Waals surface area contributed by atoms with Crippen LogP contribution in [0.2, 0.25) is 0 Å². The van der Waals surface area contributed by atoms with Gasteiger partial charge in [0.05, 0.1) is 0 Å². The number of carbonyl (C=O) groups is 2. The fraction of sp³-hybridized carbons (Fsp3) is 0.333. The van der Waals surface area contributed by atoms with Crippen LogP contribution in [0.3, 0.4) is 0 Å². The highest BCUT2D eigenvalue weighted by Crippen LogP contribution is 2.33. The summed E-state index contributed by atoms with van der Waals surface area (Å²) in [6.07, 6.45) is 4.80.